The van der Waals surface area contributed by atoms with Crippen molar-refractivity contribution in [2.24, 2.45) is 0 Å². The molecule has 1 aromatic carbocycles. The molecule has 0 atom stereocenters. The Balaban J connectivity index is 1.78. The Morgan fingerprint density at radius 3 is 2.61 bits per heavy atom. The Kier molecular flexibility index (Phi) is 4.30. The largest absolute Gasteiger partial charge is 0.489 e. The Labute approximate surface area is 135 Å². The Morgan fingerprint density at radius 2 is 2.00 bits per heavy atom. The van der Waals surface area contributed by atoms with Crippen LogP contribution >= 0.6 is 0 Å². The van der Waals surface area contributed by atoms with Gasteiger partial charge in [-0.15, -0.1) is 0 Å². The summed E-state index contributed by atoms with van der Waals surface area (Å²) in [5.74, 6) is 0.408. The van der Waals surface area contributed by atoms with Gasteiger partial charge >= 0.3 is 0 Å². The van der Waals surface area contributed by atoms with Crippen molar-refractivity contribution < 1.29 is 14.3 Å². The minimum Gasteiger partial charge on any atom is -0.489 e. The topological polar surface area (TPSA) is 60.5 Å². The van der Waals surface area contributed by atoms with E-state index in [4.69, 9.17) is 9.47 Å². The summed E-state index contributed by atoms with van der Waals surface area (Å²) in [6, 6.07) is 11.6. The third-order valence-corrected chi connectivity index (χ3v) is 3.72. The van der Waals surface area contributed by atoms with E-state index in [0.29, 0.717) is 24.5 Å². The molecule has 0 bridgehead atoms. The van der Waals surface area contributed by atoms with E-state index in [1.54, 1.807) is 18.5 Å². The highest BCUT2D eigenvalue weighted by atomic mass is 16.5. The summed E-state index contributed by atoms with van der Waals surface area (Å²) in [4.78, 5) is 16.7. The molecule has 1 amide bonds. The summed E-state index contributed by atoms with van der Waals surface area (Å²) in [6.07, 6.45) is 3.18. The second kappa shape index (κ2) is 6.38. The normalized spacial score (nSPS) is 15.8. The zero-order valence-corrected chi connectivity index (χ0v) is 13.3. The summed E-state index contributed by atoms with van der Waals surface area (Å²) >= 11 is 0. The first-order valence-electron chi connectivity index (χ1n) is 7.66. The molecule has 0 spiro atoms. The first kappa shape index (κ1) is 15.5. The van der Waals surface area contributed by atoms with Gasteiger partial charge in [0.15, 0.2) is 0 Å². The van der Waals surface area contributed by atoms with Gasteiger partial charge in [0.05, 0.1) is 31.1 Å². The van der Waals surface area contributed by atoms with Gasteiger partial charge in [-0.3, -0.25) is 9.78 Å². The lowest BCUT2D eigenvalue weighted by atomic mass is 9.87. The first-order valence-corrected chi connectivity index (χ1v) is 7.66. The molecular formula is C18H20N2O3. The van der Waals surface area contributed by atoms with Crippen LogP contribution in [0.3, 0.4) is 0 Å². The predicted molar refractivity (Wildman–Crippen MR) is 86.4 cm³/mol. The van der Waals surface area contributed by atoms with E-state index in [2.05, 4.69) is 10.3 Å². The molecule has 5 heteroatoms. The van der Waals surface area contributed by atoms with Crippen LogP contribution in [-0.4, -0.2) is 30.2 Å². The molecule has 1 aromatic heterocycles. The second-order valence-electron chi connectivity index (χ2n) is 5.97. The summed E-state index contributed by atoms with van der Waals surface area (Å²) in [5, 5.41) is 3.08. The number of nitrogens with zero attached hydrogens (tertiary/aromatic N) is 1. The number of hydrogen-bond donors (Lipinski definition) is 1. The lowest BCUT2D eigenvalue weighted by Crippen LogP contribution is -2.59. The van der Waals surface area contributed by atoms with Crippen LogP contribution in [0, 0.1) is 0 Å². The SMILES string of the molecule is CC(C)Oc1cncc(C(=O)NC2(c3ccccc3)COC2)c1. The molecule has 0 unspecified atom stereocenters. The molecule has 0 aliphatic carbocycles. The highest BCUT2D eigenvalue weighted by Crippen LogP contribution is 2.30. The van der Waals surface area contributed by atoms with E-state index < -0.39 is 5.54 Å². The third-order valence-electron chi connectivity index (χ3n) is 3.72. The van der Waals surface area contributed by atoms with Crippen molar-refractivity contribution in [3.63, 3.8) is 0 Å². The minimum atomic E-state index is -0.465. The second-order valence-corrected chi connectivity index (χ2v) is 5.97. The smallest absolute Gasteiger partial charge is 0.253 e. The Morgan fingerprint density at radius 1 is 1.26 bits per heavy atom. The highest BCUT2D eigenvalue weighted by molar-refractivity contribution is 5.95. The molecule has 1 saturated heterocycles. The molecule has 2 aromatic rings. The molecule has 2 heterocycles. The van der Waals surface area contributed by atoms with Crippen molar-refractivity contribution in [1.29, 1.82) is 0 Å². The fourth-order valence-corrected chi connectivity index (χ4v) is 2.54. The quantitative estimate of drug-likeness (QED) is 0.921. The molecule has 1 fully saturated rings. The van der Waals surface area contributed by atoms with Crippen molar-refractivity contribution in [2.45, 2.75) is 25.5 Å². The van der Waals surface area contributed by atoms with E-state index in [1.807, 2.05) is 44.2 Å². The molecule has 0 saturated carbocycles. The summed E-state index contributed by atoms with van der Waals surface area (Å²) in [6.45, 7) is 4.81. The van der Waals surface area contributed by atoms with E-state index in [1.165, 1.54) is 0 Å². The number of carbonyl (C=O) groups excluding carboxylic acids is 1. The van der Waals surface area contributed by atoms with Crippen molar-refractivity contribution >= 4 is 5.91 Å². The van der Waals surface area contributed by atoms with E-state index in [-0.39, 0.29) is 12.0 Å². The molecular weight excluding hydrogens is 292 g/mol. The number of carbonyl (C=O) groups is 1. The number of amides is 1. The summed E-state index contributed by atoms with van der Waals surface area (Å²) < 4.78 is 10.9. The number of benzene rings is 1. The Bertz CT molecular complexity index is 682. The van der Waals surface area contributed by atoms with Crippen LogP contribution in [0.5, 0.6) is 5.75 Å². The minimum absolute atomic E-state index is 0.0332. The van der Waals surface area contributed by atoms with Gasteiger partial charge in [0.25, 0.3) is 5.91 Å². The lowest BCUT2D eigenvalue weighted by molar-refractivity contribution is -0.0734. The van der Waals surface area contributed by atoms with Gasteiger partial charge in [-0.1, -0.05) is 30.3 Å². The van der Waals surface area contributed by atoms with Crippen LogP contribution in [0.2, 0.25) is 0 Å². The number of rotatable bonds is 5. The summed E-state index contributed by atoms with van der Waals surface area (Å²) in [5.41, 5.74) is 1.06. The predicted octanol–water partition coefficient (Wildman–Crippen LogP) is 2.52. The Hall–Kier alpha value is -2.40. The molecule has 3 rings (SSSR count). The lowest BCUT2D eigenvalue weighted by Gasteiger charge is -2.42. The van der Waals surface area contributed by atoms with Gasteiger partial charge in [-0.2, -0.15) is 0 Å². The van der Waals surface area contributed by atoms with E-state index in [9.17, 15) is 4.79 Å². The third kappa shape index (κ3) is 3.35. The molecule has 1 N–H and O–H groups in total. The number of nitrogens with one attached hydrogen (secondary N) is 1. The average molecular weight is 312 g/mol. The van der Waals surface area contributed by atoms with Crippen LogP contribution in [0.4, 0.5) is 0 Å². The van der Waals surface area contributed by atoms with Gasteiger partial charge in [-0.25, -0.2) is 0 Å². The van der Waals surface area contributed by atoms with E-state index >= 15 is 0 Å². The van der Waals surface area contributed by atoms with Crippen LogP contribution < -0.4 is 10.1 Å². The van der Waals surface area contributed by atoms with Crippen LogP contribution in [0.15, 0.2) is 48.8 Å². The van der Waals surface area contributed by atoms with Crippen molar-refractivity contribution in [1.82, 2.24) is 10.3 Å². The molecule has 120 valence electrons. The van der Waals surface area contributed by atoms with Crippen molar-refractivity contribution in [2.75, 3.05) is 13.2 Å². The van der Waals surface area contributed by atoms with Crippen molar-refractivity contribution in [3.05, 3.63) is 59.9 Å². The molecule has 23 heavy (non-hydrogen) atoms. The molecule has 1 aliphatic rings. The van der Waals surface area contributed by atoms with Gasteiger partial charge in [0, 0.05) is 6.20 Å². The molecule has 0 radical (unpaired) electrons. The number of pyridine rings is 1. The maximum absolute atomic E-state index is 12.6. The van der Waals surface area contributed by atoms with Crippen LogP contribution in [0.1, 0.15) is 29.8 Å². The van der Waals surface area contributed by atoms with Crippen LogP contribution in [-0.2, 0) is 10.3 Å². The zero-order valence-electron chi connectivity index (χ0n) is 13.3. The number of aromatic nitrogens is 1. The standard InChI is InChI=1S/C18H20N2O3/c1-13(2)23-16-8-14(9-19-10-16)17(21)20-18(11-22-12-18)15-6-4-3-5-7-15/h3-10,13H,11-12H2,1-2H3,(H,20,21). The van der Waals surface area contributed by atoms with E-state index in [0.717, 1.165) is 5.56 Å². The maximum Gasteiger partial charge on any atom is 0.253 e. The fraction of sp³-hybridized carbons (Fsp3) is 0.333. The van der Waals surface area contributed by atoms with Gasteiger partial charge in [-0.05, 0) is 25.5 Å². The molecule has 5 nitrogen and oxygen atoms in total. The van der Waals surface area contributed by atoms with Crippen molar-refractivity contribution in [3.8, 4) is 5.75 Å². The first-order chi connectivity index (χ1) is 11.1. The van der Waals surface area contributed by atoms with Gasteiger partial charge in [0.1, 0.15) is 11.3 Å². The number of hydrogen-bond acceptors (Lipinski definition) is 4. The summed E-state index contributed by atoms with van der Waals surface area (Å²) in [7, 11) is 0. The van der Waals surface area contributed by atoms with Gasteiger partial charge < -0.3 is 14.8 Å². The highest BCUT2D eigenvalue weighted by Gasteiger charge is 2.41. The van der Waals surface area contributed by atoms with Gasteiger partial charge in [0.2, 0.25) is 0 Å². The average Bonchev–Trinajstić information content (AvgIpc) is 2.51. The fourth-order valence-electron chi connectivity index (χ4n) is 2.54. The monoisotopic (exact) mass is 312 g/mol. The number of ether oxygens (including phenoxy) is 2. The maximum atomic E-state index is 12.6. The van der Waals surface area contributed by atoms with Crippen LogP contribution in [0.25, 0.3) is 0 Å². The molecule has 1 aliphatic heterocycles. The zero-order chi connectivity index (χ0) is 16.3.